The van der Waals surface area contributed by atoms with E-state index in [1.54, 1.807) is 25.1 Å². The molecule has 2 atom stereocenters. The van der Waals surface area contributed by atoms with Gasteiger partial charge in [0.25, 0.3) is 0 Å². The monoisotopic (exact) mass is 474 g/mol. The second-order valence-corrected chi connectivity index (χ2v) is 10.3. The minimum atomic E-state index is -3.80. The number of amides is 1. The fourth-order valence-electron chi connectivity index (χ4n) is 4.43. The Labute approximate surface area is 197 Å². The molecule has 0 unspecified atom stereocenters. The van der Waals surface area contributed by atoms with Gasteiger partial charge in [-0.25, -0.2) is 8.42 Å². The minimum absolute atomic E-state index is 0.208. The lowest BCUT2D eigenvalue weighted by Crippen LogP contribution is -2.48. The summed E-state index contributed by atoms with van der Waals surface area (Å²) >= 11 is 0. The topological polar surface area (TPSA) is 84.9 Å². The summed E-state index contributed by atoms with van der Waals surface area (Å²) < 4.78 is 37.3. The van der Waals surface area contributed by atoms with Crippen LogP contribution in [0.4, 0.5) is 5.69 Å². The number of sulfonamides is 1. The number of rotatable bonds is 9. The van der Waals surface area contributed by atoms with Crippen LogP contribution in [0.25, 0.3) is 0 Å². The smallest absolute Gasteiger partial charge is 0.244 e. The van der Waals surface area contributed by atoms with Crippen LogP contribution in [0.2, 0.25) is 0 Å². The third kappa shape index (κ3) is 5.61. The molecule has 0 fully saturated rings. The van der Waals surface area contributed by atoms with Crippen LogP contribution >= 0.6 is 0 Å². The van der Waals surface area contributed by atoms with Crippen LogP contribution in [0.1, 0.15) is 55.8 Å². The van der Waals surface area contributed by atoms with Gasteiger partial charge in [-0.05, 0) is 67.9 Å². The summed E-state index contributed by atoms with van der Waals surface area (Å²) in [5.41, 5.74) is 4.03. The quantitative estimate of drug-likeness (QED) is 0.594. The highest BCUT2D eigenvalue weighted by Gasteiger charge is 2.32. The molecule has 0 saturated heterocycles. The molecule has 1 N–H and O–H groups in total. The minimum Gasteiger partial charge on any atom is -0.497 e. The van der Waals surface area contributed by atoms with E-state index in [-0.39, 0.29) is 17.6 Å². The van der Waals surface area contributed by atoms with Gasteiger partial charge in [-0.15, -0.1) is 0 Å². The fourth-order valence-corrected chi connectivity index (χ4v) is 5.60. The number of ether oxygens (including phenoxy) is 2. The fraction of sp³-hybridized carbons (Fsp3) is 0.480. The first-order valence-corrected chi connectivity index (χ1v) is 13.2. The molecule has 0 aliphatic heterocycles. The highest BCUT2D eigenvalue weighted by molar-refractivity contribution is 7.92. The SMILES string of the molecule is CC[C@H](NC(=O)[C@@H](C)N(c1cc(OC)ccc1OC)S(C)(=O)=O)c1ccc2c(c1)CCCC2. The Balaban J connectivity index is 1.89. The van der Waals surface area contributed by atoms with Crippen molar-refractivity contribution < 1.29 is 22.7 Å². The highest BCUT2D eigenvalue weighted by Crippen LogP contribution is 2.35. The third-order valence-electron chi connectivity index (χ3n) is 6.21. The van der Waals surface area contributed by atoms with Crippen LogP contribution in [-0.4, -0.2) is 40.8 Å². The predicted molar refractivity (Wildman–Crippen MR) is 131 cm³/mol. The number of carbonyl (C=O) groups excluding carboxylic acids is 1. The van der Waals surface area contributed by atoms with Gasteiger partial charge in [0.15, 0.2) is 0 Å². The van der Waals surface area contributed by atoms with Crippen molar-refractivity contribution in [2.75, 3.05) is 24.8 Å². The van der Waals surface area contributed by atoms with E-state index in [1.807, 2.05) is 6.92 Å². The van der Waals surface area contributed by atoms with Crippen molar-refractivity contribution in [1.29, 1.82) is 0 Å². The summed E-state index contributed by atoms with van der Waals surface area (Å²) in [5, 5.41) is 3.06. The molecule has 0 heterocycles. The van der Waals surface area contributed by atoms with Gasteiger partial charge in [-0.1, -0.05) is 25.1 Å². The average molecular weight is 475 g/mol. The van der Waals surface area contributed by atoms with Gasteiger partial charge in [0.05, 0.1) is 32.2 Å². The Hall–Kier alpha value is -2.74. The Bertz CT molecular complexity index is 1100. The molecule has 0 spiro atoms. The van der Waals surface area contributed by atoms with E-state index in [0.29, 0.717) is 17.9 Å². The molecule has 7 nitrogen and oxygen atoms in total. The maximum absolute atomic E-state index is 13.3. The molecule has 1 amide bonds. The van der Waals surface area contributed by atoms with E-state index in [4.69, 9.17) is 9.47 Å². The molecular weight excluding hydrogens is 440 g/mol. The van der Waals surface area contributed by atoms with Crippen molar-refractivity contribution in [2.45, 2.75) is 58.0 Å². The lowest BCUT2D eigenvalue weighted by atomic mass is 9.88. The van der Waals surface area contributed by atoms with Gasteiger partial charge >= 0.3 is 0 Å². The molecule has 33 heavy (non-hydrogen) atoms. The standard InChI is InChI=1S/C25H34N2O5S/c1-6-22(20-12-11-18-9-7-8-10-19(18)15-20)26-25(28)17(2)27(33(5,29)30)23-16-21(31-3)13-14-24(23)32-4/h11-17,22H,6-10H2,1-5H3,(H,26,28)/t17-,22+/m1/s1. The molecule has 1 aliphatic rings. The lowest BCUT2D eigenvalue weighted by molar-refractivity contribution is -0.122. The van der Waals surface area contributed by atoms with E-state index < -0.39 is 16.1 Å². The number of nitrogens with zero attached hydrogens (tertiary/aromatic N) is 1. The number of carbonyl (C=O) groups is 1. The molecule has 0 radical (unpaired) electrons. The van der Waals surface area contributed by atoms with Crippen LogP contribution in [0.15, 0.2) is 36.4 Å². The van der Waals surface area contributed by atoms with Gasteiger partial charge < -0.3 is 14.8 Å². The highest BCUT2D eigenvalue weighted by atomic mass is 32.2. The van der Waals surface area contributed by atoms with Crippen molar-refractivity contribution in [1.82, 2.24) is 5.32 Å². The molecule has 8 heteroatoms. The molecule has 0 aromatic heterocycles. The zero-order chi connectivity index (χ0) is 24.2. The maximum atomic E-state index is 13.3. The van der Waals surface area contributed by atoms with Crippen molar-refractivity contribution >= 4 is 21.6 Å². The van der Waals surface area contributed by atoms with Crippen molar-refractivity contribution in [3.63, 3.8) is 0 Å². The lowest BCUT2D eigenvalue weighted by Gasteiger charge is -2.31. The van der Waals surface area contributed by atoms with Gasteiger partial charge in [-0.2, -0.15) is 0 Å². The first-order valence-electron chi connectivity index (χ1n) is 11.3. The molecular formula is C25H34N2O5S. The largest absolute Gasteiger partial charge is 0.497 e. The van der Waals surface area contributed by atoms with E-state index >= 15 is 0 Å². The van der Waals surface area contributed by atoms with Crippen LogP contribution in [0.3, 0.4) is 0 Å². The molecule has 0 bridgehead atoms. The van der Waals surface area contributed by atoms with Crippen molar-refractivity contribution in [3.8, 4) is 11.5 Å². The summed E-state index contributed by atoms with van der Waals surface area (Å²) in [6.45, 7) is 3.59. The number of benzene rings is 2. The van der Waals surface area contributed by atoms with Crippen LogP contribution in [0, 0.1) is 0 Å². The van der Waals surface area contributed by atoms with Gasteiger partial charge in [0.2, 0.25) is 15.9 Å². The van der Waals surface area contributed by atoms with Gasteiger partial charge in [-0.3, -0.25) is 9.10 Å². The number of nitrogens with one attached hydrogen (secondary N) is 1. The number of methoxy groups -OCH3 is 2. The van der Waals surface area contributed by atoms with Gasteiger partial charge in [0, 0.05) is 6.07 Å². The molecule has 2 aromatic rings. The van der Waals surface area contributed by atoms with Crippen LogP contribution in [-0.2, 0) is 27.7 Å². The second-order valence-electron chi connectivity index (χ2n) is 8.48. The van der Waals surface area contributed by atoms with Crippen molar-refractivity contribution in [2.24, 2.45) is 0 Å². The maximum Gasteiger partial charge on any atom is 0.244 e. The molecule has 1 aliphatic carbocycles. The normalized spacial score (nSPS) is 15.2. The Morgan fingerprint density at radius 2 is 1.76 bits per heavy atom. The zero-order valence-corrected chi connectivity index (χ0v) is 20.9. The number of hydrogen-bond donors (Lipinski definition) is 1. The first kappa shape index (κ1) is 24.9. The summed E-state index contributed by atoms with van der Waals surface area (Å²) in [6, 6.07) is 10.1. The Kier molecular flexibility index (Phi) is 7.89. The molecule has 180 valence electrons. The number of anilines is 1. The average Bonchev–Trinajstić information content (AvgIpc) is 2.81. The Morgan fingerprint density at radius 1 is 1.06 bits per heavy atom. The summed E-state index contributed by atoms with van der Waals surface area (Å²) in [4.78, 5) is 13.3. The summed E-state index contributed by atoms with van der Waals surface area (Å²) in [6.07, 6.45) is 6.33. The molecule has 0 saturated carbocycles. The summed E-state index contributed by atoms with van der Waals surface area (Å²) in [5.74, 6) is 0.421. The Morgan fingerprint density at radius 3 is 2.36 bits per heavy atom. The van der Waals surface area contributed by atoms with Gasteiger partial charge in [0.1, 0.15) is 17.5 Å². The predicted octanol–water partition coefficient (Wildman–Crippen LogP) is 4.00. The number of hydrogen-bond acceptors (Lipinski definition) is 5. The first-order chi connectivity index (χ1) is 15.7. The second kappa shape index (κ2) is 10.5. The molecule has 2 aromatic carbocycles. The summed E-state index contributed by atoms with van der Waals surface area (Å²) in [7, 11) is -0.847. The van der Waals surface area contributed by atoms with Crippen LogP contribution in [0.5, 0.6) is 11.5 Å². The van der Waals surface area contributed by atoms with E-state index in [1.165, 1.54) is 38.2 Å². The third-order valence-corrected chi connectivity index (χ3v) is 7.44. The van der Waals surface area contributed by atoms with Crippen molar-refractivity contribution in [3.05, 3.63) is 53.1 Å². The van der Waals surface area contributed by atoms with E-state index in [9.17, 15) is 13.2 Å². The number of aryl methyl sites for hydroxylation is 2. The zero-order valence-electron chi connectivity index (χ0n) is 20.1. The number of fused-ring (bicyclic) bond motifs is 1. The van der Waals surface area contributed by atoms with Crippen LogP contribution < -0.4 is 19.1 Å². The van der Waals surface area contributed by atoms with E-state index in [2.05, 4.69) is 23.5 Å². The van der Waals surface area contributed by atoms with E-state index in [0.717, 1.165) is 29.0 Å². The molecule has 3 rings (SSSR count).